The first kappa shape index (κ1) is 20.7. The van der Waals surface area contributed by atoms with Crippen LogP contribution in [0.2, 0.25) is 0 Å². The molecule has 128 valence electrons. The minimum Gasteiger partial charge on any atom is -0.462 e. The fourth-order valence-corrected chi connectivity index (χ4v) is 2.15. The van der Waals surface area contributed by atoms with E-state index in [2.05, 4.69) is 6.92 Å². The Morgan fingerprint density at radius 1 is 0.682 bits per heavy atom. The first-order valence-electron chi connectivity index (χ1n) is 8.68. The maximum atomic E-state index is 12.3. The number of carbonyl (C=O) groups is 2. The van der Waals surface area contributed by atoms with Gasteiger partial charge in [-0.05, 0) is 32.1 Å². The second-order valence-corrected chi connectivity index (χ2v) is 5.39. The lowest BCUT2D eigenvalue weighted by Gasteiger charge is -2.13. The van der Waals surface area contributed by atoms with E-state index in [4.69, 9.17) is 9.47 Å². The molecule has 4 nitrogen and oxygen atoms in total. The summed E-state index contributed by atoms with van der Waals surface area (Å²) in [6, 6.07) is 0. The molecule has 0 aliphatic rings. The van der Waals surface area contributed by atoms with Crippen LogP contribution in [0.5, 0.6) is 0 Å². The maximum absolute atomic E-state index is 12.3. The van der Waals surface area contributed by atoms with Gasteiger partial charge in [-0.15, -0.1) is 0 Å². The number of ether oxygens (including phenoxy) is 2. The summed E-state index contributed by atoms with van der Waals surface area (Å²) in [5.74, 6) is -0.730. The normalized spacial score (nSPS) is 11.8. The molecule has 0 spiro atoms. The third-order valence-corrected chi connectivity index (χ3v) is 3.37. The first-order valence-corrected chi connectivity index (χ1v) is 8.68. The molecule has 0 atom stereocenters. The van der Waals surface area contributed by atoms with E-state index in [1.807, 2.05) is 20.8 Å². The smallest absolute Gasteiger partial charge is 0.334 e. The predicted octanol–water partition coefficient (Wildman–Crippen LogP) is 4.57. The molecule has 0 fully saturated rings. The van der Waals surface area contributed by atoms with Crippen LogP contribution in [-0.2, 0) is 19.1 Å². The van der Waals surface area contributed by atoms with Gasteiger partial charge in [0.25, 0.3) is 0 Å². The van der Waals surface area contributed by atoms with Crippen molar-refractivity contribution in [1.29, 1.82) is 0 Å². The summed E-state index contributed by atoms with van der Waals surface area (Å²) < 4.78 is 10.4. The van der Waals surface area contributed by atoms with E-state index >= 15 is 0 Å². The number of esters is 2. The van der Waals surface area contributed by atoms with Gasteiger partial charge in [0.2, 0.25) is 0 Å². The Hall–Kier alpha value is -1.32. The lowest BCUT2D eigenvalue weighted by atomic mass is 9.99. The van der Waals surface area contributed by atoms with Crippen LogP contribution in [-0.4, -0.2) is 25.2 Å². The van der Waals surface area contributed by atoms with Crippen LogP contribution in [0.4, 0.5) is 0 Å². The van der Waals surface area contributed by atoms with Gasteiger partial charge >= 0.3 is 11.9 Å². The highest BCUT2D eigenvalue weighted by atomic mass is 16.5. The van der Waals surface area contributed by atoms with Gasteiger partial charge in [-0.3, -0.25) is 0 Å². The predicted molar refractivity (Wildman–Crippen MR) is 88.6 cm³/mol. The third-order valence-electron chi connectivity index (χ3n) is 3.37. The van der Waals surface area contributed by atoms with Crippen LogP contribution in [0.25, 0.3) is 0 Å². The van der Waals surface area contributed by atoms with E-state index in [0.717, 1.165) is 38.5 Å². The molecule has 0 amide bonds. The van der Waals surface area contributed by atoms with Gasteiger partial charge < -0.3 is 9.47 Å². The molecule has 0 unspecified atom stereocenters. The Bertz CT molecular complexity index is 358. The van der Waals surface area contributed by atoms with Crippen LogP contribution in [0, 0.1) is 0 Å². The Labute approximate surface area is 135 Å². The van der Waals surface area contributed by atoms with Crippen molar-refractivity contribution < 1.29 is 19.1 Å². The zero-order valence-electron chi connectivity index (χ0n) is 14.7. The van der Waals surface area contributed by atoms with Gasteiger partial charge in [0.15, 0.2) is 0 Å². The van der Waals surface area contributed by atoms with Crippen molar-refractivity contribution in [3.05, 3.63) is 11.1 Å². The second kappa shape index (κ2) is 13.4. The van der Waals surface area contributed by atoms with E-state index in [1.54, 1.807) is 0 Å². The number of rotatable bonds is 12. The monoisotopic (exact) mass is 312 g/mol. The lowest BCUT2D eigenvalue weighted by molar-refractivity contribution is -0.142. The fourth-order valence-electron chi connectivity index (χ4n) is 2.15. The zero-order chi connectivity index (χ0) is 16.8. The molecule has 0 aliphatic heterocycles. The van der Waals surface area contributed by atoms with E-state index in [1.165, 1.54) is 0 Å². The molecule has 0 aromatic heterocycles. The molecule has 22 heavy (non-hydrogen) atoms. The summed E-state index contributed by atoms with van der Waals surface area (Å²) in [6.45, 7) is 8.69. The van der Waals surface area contributed by atoms with Crippen LogP contribution < -0.4 is 0 Å². The quantitative estimate of drug-likeness (QED) is 0.301. The summed E-state index contributed by atoms with van der Waals surface area (Å²) in [4.78, 5) is 24.4. The van der Waals surface area contributed by atoms with Gasteiger partial charge in [-0.25, -0.2) is 9.59 Å². The molecule has 0 radical (unpaired) electrons. The third kappa shape index (κ3) is 8.20. The standard InChI is InChI=1S/C18H32O4/c1-5-9-10-11-12-16(18(20)22-14-7-3)15(8-4)17(19)21-13-6-2/h5-14H2,1-4H3/b16-15-. The highest BCUT2D eigenvalue weighted by Crippen LogP contribution is 2.20. The summed E-state index contributed by atoms with van der Waals surface area (Å²) in [6.07, 6.45) is 6.86. The summed E-state index contributed by atoms with van der Waals surface area (Å²) >= 11 is 0. The van der Waals surface area contributed by atoms with Crippen LogP contribution in [0.3, 0.4) is 0 Å². The number of hydrogen-bond acceptors (Lipinski definition) is 4. The zero-order valence-corrected chi connectivity index (χ0v) is 14.7. The minimum absolute atomic E-state index is 0.358. The SMILES string of the molecule is CCCCCC/C(C(=O)OCCC)=C(\CC)C(=O)OCCC. The molecule has 0 bridgehead atoms. The van der Waals surface area contributed by atoms with Gasteiger partial charge in [0.1, 0.15) is 0 Å². The summed E-state index contributed by atoms with van der Waals surface area (Å²) in [5.41, 5.74) is 0.985. The van der Waals surface area contributed by atoms with Gasteiger partial charge in [0.05, 0.1) is 13.2 Å². The number of carbonyl (C=O) groups excluding carboxylic acids is 2. The van der Waals surface area contributed by atoms with Crippen molar-refractivity contribution in [1.82, 2.24) is 0 Å². The average Bonchev–Trinajstić information content (AvgIpc) is 2.53. The minimum atomic E-state index is -0.372. The van der Waals surface area contributed by atoms with Crippen molar-refractivity contribution in [2.45, 2.75) is 79.1 Å². The molecule has 0 N–H and O–H groups in total. The molecule has 0 aromatic rings. The van der Waals surface area contributed by atoms with Gasteiger partial charge in [0, 0.05) is 11.1 Å². The van der Waals surface area contributed by atoms with E-state index in [9.17, 15) is 9.59 Å². The molecule has 0 aromatic carbocycles. The molecule has 0 rings (SSSR count). The molecule has 0 heterocycles. The number of unbranched alkanes of at least 4 members (excludes halogenated alkanes) is 3. The van der Waals surface area contributed by atoms with Crippen LogP contribution in [0.1, 0.15) is 79.1 Å². The Balaban J connectivity index is 5.04. The Morgan fingerprint density at radius 3 is 1.68 bits per heavy atom. The van der Waals surface area contributed by atoms with Crippen molar-refractivity contribution in [2.24, 2.45) is 0 Å². The lowest BCUT2D eigenvalue weighted by Crippen LogP contribution is -2.17. The van der Waals surface area contributed by atoms with Crippen molar-refractivity contribution in [2.75, 3.05) is 13.2 Å². The Morgan fingerprint density at radius 2 is 1.23 bits per heavy atom. The molecule has 0 aliphatic carbocycles. The molecule has 4 heteroatoms. The molecule has 0 saturated heterocycles. The van der Waals surface area contributed by atoms with Crippen molar-refractivity contribution >= 4 is 11.9 Å². The molecule has 0 saturated carbocycles. The highest BCUT2D eigenvalue weighted by Gasteiger charge is 2.21. The van der Waals surface area contributed by atoms with Crippen molar-refractivity contribution in [3.63, 3.8) is 0 Å². The molecular weight excluding hydrogens is 280 g/mol. The van der Waals surface area contributed by atoms with E-state index < -0.39 is 0 Å². The van der Waals surface area contributed by atoms with Gasteiger partial charge in [-0.1, -0.05) is 47.0 Å². The highest BCUT2D eigenvalue weighted by molar-refractivity contribution is 6.00. The fraction of sp³-hybridized carbons (Fsp3) is 0.778. The maximum Gasteiger partial charge on any atom is 0.334 e. The average molecular weight is 312 g/mol. The van der Waals surface area contributed by atoms with E-state index in [-0.39, 0.29) is 11.9 Å². The van der Waals surface area contributed by atoms with Gasteiger partial charge in [-0.2, -0.15) is 0 Å². The number of hydrogen-bond donors (Lipinski definition) is 0. The molecular formula is C18H32O4. The second-order valence-electron chi connectivity index (χ2n) is 5.39. The van der Waals surface area contributed by atoms with Crippen LogP contribution in [0.15, 0.2) is 11.1 Å². The topological polar surface area (TPSA) is 52.6 Å². The Kier molecular flexibility index (Phi) is 12.5. The van der Waals surface area contributed by atoms with Crippen molar-refractivity contribution in [3.8, 4) is 0 Å². The largest absolute Gasteiger partial charge is 0.462 e. The summed E-state index contributed by atoms with van der Waals surface area (Å²) in [5, 5.41) is 0. The first-order chi connectivity index (χ1) is 10.6. The summed E-state index contributed by atoms with van der Waals surface area (Å²) in [7, 11) is 0. The van der Waals surface area contributed by atoms with E-state index in [0.29, 0.717) is 37.2 Å². The van der Waals surface area contributed by atoms with Crippen LogP contribution >= 0.6 is 0 Å².